The summed E-state index contributed by atoms with van der Waals surface area (Å²) < 4.78 is 34.1. The minimum atomic E-state index is -0.860. The van der Waals surface area contributed by atoms with Crippen molar-refractivity contribution < 1.29 is 18.7 Å². The van der Waals surface area contributed by atoms with Gasteiger partial charge in [0.2, 0.25) is 11.2 Å². The standard InChI is InChI=1S/C23H20Cl2FN3O.C23H18Cl2FN3O/c2*1-14-10-17(26)8-6-16(14)12-28-20-4-2-3-5-21(20)29(23(28)27)13-22(30)15-7-9-18(24)19(25)11-15/h2-11,22,27,30H,12-13H2,1H3;2-11,27H,12-13H2,1H3. The first kappa shape index (κ1) is 42.6. The predicted octanol–water partition coefficient (Wildman–Crippen LogP) is 11.1. The first-order valence-electron chi connectivity index (χ1n) is 18.8. The number of aliphatic hydroxyl groups excluding tert-OH is 1. The number of aryl methyl sites for hydroxylation is 2. The van der Waals surface area contributed by atoms with E-state index >= 15 is 0 Å². The lowest BCUT2D eigenvalue weighted by atomic mass is 10.1. The Morgan fingerprint density at radius 1 is 0.583 bits per heavy atom. The number of para-hydroxylation sites is 4. The molecule has 2 aromatic heterocycles. The Hall–Kier alpha value is -5.49. The molecule has 0 aliphatic carbocycles. The van der Waals surface area contributed by atoms with Crippen LogP contribution in [-0.2, 0) is 26.2 Å². The molecule has 0 amide bonds. The van der Waals surface area contributed by atoms with Crippen LogP contribution in [0.5, 0.6) is 0 Å². The SMILES string of the molecule is Cc1cc(F)ccc1Cn1c(=N)n(CC(=O)c2ccc(Cl)c(Cl)c2)c2ccccc21.Cc1cc(F)ccc1Cn1c(=N)n(CC(O)c2ccc(Cl)c(Cl)c2)c2ccccc21. The highest BCUT2D eigenvalue weighted by Crippen LogP contribution is 2.28. The second-order valence-electron chi connectivity index (χ2n) is 14.4. The maximum Gasteiger partial charge on any atom is 0.203 e. The van der Waals surface area contributed by atoms with Crippen LogP contribution >= 0.6 is 46.4 Å². The molecule has 1 unspecified atom stereocenters. The van der Waals surface area contributed by atoms with E-state index in [0.717, 1.165) is 44.3 Å². The second kappa shape index (κ2) is 18.0. The number of halogens is 6. The van der Waals surface area contributed by atoms with Gasteiger partial charge in [-0.25, -0.2) is 8.78 Å². The van der Waals surface area contributed by atoms with Gasteiger partial charge in [0.15, 0.2) is 5.78 Å². The molecule has 8 rings (SSSR count). The summed E-state index contributed by atoms with van der Waals surface area (Å²) in [7, 11) is 0. The van der Waals surface area contributed by atoms with Gasteiger partial charge in [0.25, 0.3) is 0 Å². The van der Waals surface area contributed by atoms with Crippen LogP contribution in [-0.4, -0.2) is 29.2 Å². The Bertz CT molecular complexity index is 3040. The molecular weight excluding hydrogens is 848 g/mol. The number of nitrogens with one attached hydrogen (secondary N) is 2. The number of carbonyl (C=O) groups excluding carboxylic acids is 1. The lowest BCUT2D eigenvalue weighted by Crippen LogP contribution is -2.27. The van der Waals surface area contributed by atoms with Gasteiger partial charge in [0.05, 0.1) is 74.4 Å². The van der Waals surface area contributed by atoms with E-state index in [2.05, 4.69) is 0 Å². The normalized spacial score (nSPS) is 11.8. The molecule has 0 bridgehead atoms. The quantitative estimate of drug-likeness (QED) is 0.119. The highest BCUT2D eigenvalue weighted by Gasteiger charge is 2.18. The van der Waals surface area contributed by atoms with Gasteiger partial charge >= 0.3 is 0 Å². The lowest BCUT2D eigenvalue weighted by molar-refractivity contribution is 0.0971. The number of rotatable bonds is 10. The van der Waals surface area contributed by atoms with Gasteiger partial charge in [-0.15, -0.1) is 0 Å². The summed E-state index contributed by atoms with van der Waals surface area (Å²) in [6, 6.07) is 34.3. The molecule has 14 heteroatoms. The van der Waals surface area contributed by atoms with Crippen LogP contribution in [0.1, 0.15) is 44.3 Å². The van der Waals surface area contributed by atoms with Gasteiger partial charge in [-0.05, 0) is 121 Å². The molecule has 0 aliphatic rings. The number of hydrogen-bond donors (Lipinski definition) is 3. The number of benzene rings is 6. The third-order valence-electron chi connectivity index (χ3n) is 10.4. The molecule has 6 aromatic carbocycles. The second-order valence-corrected chi connectivity index (χ2v) is 16.0. The zero-order valence-electron chi connectivity index (χ0n) is 32.4. The van der Waals surface area contributed by atoms with E-state index in [4.69, 9.17) is 57.2 Å². The van der Waals surface area contributed by atoms with Crippen molar-refractivity contribution in [3.63, 3.8) is 0 Å². The molecule has 0 saturated carbocycles. The smallest absolute Gasteiger partial charge is 0.203 e. The molecule has 306 valence electrons. The van der Waals surface area contributed by atoms with Gasteiger partial charge in [0.1, 0.15) is 11.6 Å². The molecule has 0 spiro atoms. The number of aromatic nitrogens is 4. The van der Waals surface area contributed by atoms with Crippen molar-refractivity contribution in [1.29, 1.82) is 10.8 Å². The zero-order valence-corrected chi connectivity index (χ0v) is 35.4. The van der Waals surface area contributed by atoms with Crippen molar-refractivity contribution in [2.45, 2.75) is 46.1 Å². The van der Waals surface area contributed by atoms with Crippen molar-refractivity contribution in [2.75, 3.05) is 0 Å². The van der Waals surface area contributed by atoms with E-state index in [0.29, 0.717) is 44.3 Å². The van der Waals surface area contributed by atoms with E-state index in [1.54, 1.807) is 51.6 Å². The van der Waals surface area contributed by atoms with Crippen LogP contribution in [0.4, 0.5) is 8.78 Å². The van der Waals surface area contributed by atoms with E-state index in [-0.39, 0.29) is 41.7 Å². The summed E-state index contributed by atoms with van der Waals surface area (Å²) >= 11 is 24.1. The minimum Gasteiger partial charge on any atom is -0.387 e. The van der Waals surface area contributed by atoms with Crippen LogP contribution < -0.4 is 11.2 Å². The fourth-order valence-electron chi connectivity index (χ4n) is 7.17. The van der Waals surface area contributed by atoms with Gasteiger partial charge in [-0.2, -0.15) is 0 Å². The lowest BCUT2D eigenvalue weighted by Gasteiger charge is -2.13. The Kier molecular flexibility index (Phi) is 12.8. The first-order chi connectivity index (χ1) is 28.7. The summed E-state index contributed by atoms with van der Waals surface area (Å²) in [5.41, 5.74) is 8.28. The summed E-state index contributed by atoms with van der Waals surface area (Å²) in [5, 5.41) is 29.8. The third-order valence-corrected chi connectivity index (χ3v) is 11.9. The number of aliphatic hydroxyl groups is 1. The molecule has 3 N–H and O–H groups in total. The van der Waals surface area contributed by atoms with Crippen LogP contribution in [0.25, 0.3) is 22.1 Å². The number of imidazole rings is 2. The summed E-state index contributed by atoms with van der Waals surface area (Å²) in [5.74, 6) is -0.741. The Labute approximate surface area is 364 Å². The number of carbonyl (C=O) groups is 1. The Morgan fingerprint density at radius 2 is 1.03 bits per heavy atom. The van der Waals surface area contributed by atoms with Crippen molar-refractivity contribution in [1.82, 2.24) is 18.3 Å². The summed E-state index contributed by atoms with van der Waals surface area (Å²) in [6.07, 6.45) is -0.860. The fraction of sp³-hybridized carbons (Fsp3) is 0.152. The fourth-order valence-corrected chi connectivity index (χ4v) is 7.78. The molecule has 0 aliphatic heterocycles. The van der Waals surface area contributed by atoms with Crippen molar-refractivity contribution >= 4 is 74.3 Å². The molecule has 0 fully saturated rings. The molecule has 1 atom stereocenters. The summed E-state index contributed by atoms with van der Waals surface area (Å²) in [4.78, 5) is 12.9. The van der Waals surface area contributed by atoms with Gasteiger partial charge in [-0.3, -0.25) is 15.6 Å². The van der Waals surface area contributed by atoms with Gasteiger partial charge in [-0.1, -0.05) is 88.9 Å². The highest BCUT2D eigenvalue weighted by atomic mass is 35.5. The van der Waals surface area contributed by atoms with E-state index in [9.17, 15) is 18.7 Å². The average molecular weight is 887 g/mol. The number of ketones is 1. The van der Waals surface area contributed by atoms with Crippen molar-refractivity contribution in [2.24, 2.45) is 0 Å². The topological polar surface area (TPSA) is 105 Å². The minimum absolute atomic E-state index is 0.00723. The average Bonchev–Trinajstić information content (AvgIpc) is 3.63. The zero-order chi connectivity index (χ0) is 42.8. The maximum absolute atomic E-state index is 13.5. The van der Waals surface area contributed by atoms with Crippen LogP contribution in [0.3, 0.4) is 0 Å². The van der Waals surface area contributed by atoms with E-state index < -0.39 is 6.10 Å². The first-order valence-corrected chi connectivity index (χ1v) is 20.3. The predicted molar refractivity (Wildman–Crippen MR) is 234 cm³/mol. The molecule has 0 saturated heterocycles. The number of fused-ring (bicyclic) bond motifs is 2. The molecule has 60 heavy (non-hydrogen) atoms. The molecule has 2 heterocycles. The maximum atomic E-state index is 13.5. The van der Waals surface area contributed by atoms with Crippen LogP contribution in [0.2, 0.25) is 20.1 Å². The molecule has 8 aromatic rings. The Balaban J connectivity index is 0.000000181. The van der Waals surface area contributed by atoms with Gasteiger partial charge < -0.3 is 23.4 Å². The highest BCUT2D eigenvalue weighted by molar-refractivity contribution is 6.42. The third kappa shape index (κ3) is 8.99. The molecule has 0 radical (unpaired) electrons. The molecule has 8 nitrogen and oxygen atoms in total. The van der Waals surface area contributed by atoms with Crippen LogP contribution in [0, 0.1) is 36.3 Å². The van der Waals surface area contributed by atoms with Gasteiger partial charge in [0, 0.05) is 5.56 Å². The number of hydrogen-bond acceptors (Lipinski definition) is 4. The number of nitrogens with zero attached hydrogens (tertiary/aromatic N) is 4. The summed E-state index contributed by atoms with van der Waals surface area (Å²) in [6.45, 7) is 4.71. The Morgan fingerprint density at radius 3 is 1.52 bits per heavy atom. The largest absolute Gasteiger partial charge is 0.387 e. The number of Topliss-reactive ketones (excluding diaryl/α,β-unsaturated/α-hetero) is 1. The van der Waals surface area contributed by atoms with E-state index in [1.807, 2.05) is 71.5 Å². The van der Waals surface area contributed by atoms with E-state index in [1.165, 1.54) is 30.3 Å². The monoisotopic (exact) mass is 884 g/mol. The van der Waals surface area contributed by atoms with Crippen molar-refractivity contribution in [3.05, 3.63) is 198 Å². The van der Waals surface area contributed by atoms with Crippen molar-refractivity contribution in [3.8, 4) is 0 Å². The molecular formula is C46H38Cl4F2N6O2. The van der Waals surface area contributed by atoms with Crippen LogP contribution in [0.15, 0.2) is 121 Å².